The molecule has 3 heterocycles. The normalized spacial score (nSPS) is 11.3. The lowest BCUT2D eigenvalue weighted by Gasteiger charge is -2.12. The number of para-hydroxylation sites is 1. The van der Waals surface area contributed by atoms with Gasteiger partial charge in [0.05, 0.1) is 24.8 Å². The maximum atomic E-state index is 13.4. The topological polar surface area (TPSA) is 75.0 Å². The van der Waals surface area contributed by atoms with Crippen LogP contribution in [-0.2, 0) is 13.1 Å². The van der Waals surface area contributed by atoms with Gasteiger partial charge in [0.25, 0.3) is 5.56 Å². The number of nitrogens with zero attached hydrogens (tertiary/aromatic N) is 4. The van der Waals surface area contributed by atoms with Crippen molar-refractivity contribution in [2.45, 2.75) is 13.1 Å². The average molecular weight is 433 g/mol. The molecule has 5 aromatic rings. The fraction of sp³-hybridized carbons (Fsp3) is 0.0870. The van der Waals surface area contributed by atoms with Crippen LogP contribution in [0.4, 0.5) is 0 Å². The van der Waals surface area contributed by atoms with Gasteiger partial charge in [0.1, 0.15) is 5.76 Å². The molecule has 0 spiro atoms. The molecule has 8 heteroatoms. The lowest BCUT2D eigenvalue weighted by molar-refractivity contribution is 0.482. The van der Waals surface area contributed by atoms with E-state index in [9.17, 15) is 9.59 Å². The van der Waals surface area contributed by atoms with E-state index in [4.69, 9.17) is 16.0 Å². The number of halogens is 1. The Morgan fingerprint density at radius 1 is 0.935 bits per heavy atom. The zero-order chi connectivity index (χ0) is 21.4. The van der Waals surface area contributed by atoms with Gasteiger partial charge < -0.3 is 8.98 Å². The first-order valence-corrected chi connectivity index (χ1v) is 10.0. The number of rotatable bonds is 5. The molecule has 31 heavy (non-hydrogen) atoms. The first kappa shape index (κ1) is 19.1. The second kappa shape index (κ2) is 7.77. The Morgan fingerprint density at radius 3 is 2.52 bits per heavy atom. The number of hydrogen-bond acceptors (Lipinski definition) is 4. The van der Waals surface area contributed by atoms with Gasteiger partial charge in [-0.1, -0.05) is 41.9 Å². The van der Waals surface area contributed by atoms with E-state index in [0.717, 1.165) is 5.56 Å². The highest BCUT2D eigenvalue weighted by atomic mass is 35.5. The minimum atomic E-state index is -0.479. The average Bonchev–Trinajstić information content (AvgIpc) is 3.42. The minimum Gasteiger partial charge on any atom is -0.467 e. The van der Waals surface area contributed by atoms with E-state index in [1.165, 1.54) is 15.4 Å². The van der Waals surface area contributed by atoms with Crippen molar-refractivity contribution in [2.24, 2.45) is 0 Å². The molecule has 0 bridgehead atoms. The largest absolute Gasteiger partial charge is 0.467 e. The van der Waals surface area contributed by atoms with Crippen molar-refractivity contribution in [3.05, 3.63) is 117 Å². The lowest BCUT2D eigenvalue weighted by atomic mass is 10.2. The maximum Gasteiger partial charge on any atom is 0.337 e. The van der Waals surface area contributed by atoms with Crippen LogP contribution < -0.4 is 11.2 Å². The van der Waals surface area contributed by atoms with Crippen molar-refractivity contribution in [3.8, 4) is 5.69 Å². The molecule has 0 amide bonds. The highest BCUT2D eigenvalue weighted by Crippen LogP contribution is 2.17. The van der Waals surface area contributed by atoms with Crippen LogP contribution in [0.3, 0.4) is 0 Å². The molecule has 154 valence electrons. The standard InChI is InChI=1S/C23H17ClN4O3/c24-17-7-4-6-16(12-17)13-26-15-25-21-20(26)22(29)27(14-19-10-5-11-31-19)23(30)28(21)18-8-2-1-3-9-18/h1-12,15H,13-14H2. The van der Waals surface area contributed by atoms with Crippen LogP contribution in [0.15, 0.2) is 93.3 Å². The molecule has 0 N–H and O–H groups in total. The molecular formula is C23H17ClN4O3. The predicted molar refractivity (Wildman–Crippen MR) is 118 cm³/mol. The van der Waals surface area contributed by atoms with Gasteiger partial charge in [-0.2, -0.15) is 0 Å². The van der Waals surface area contributed by atoms with E-state index >= 15 is 0 Å². The van der Waals surface area contributed by atoms with Gasteiger partial charge in [-0.15, -0.1) is 0 Å². The Balaban J connectivity index is 1.76. The fourth-order valence-electron chi connectivity index (χ4n) is 3.64. The molecule has 3 aromatic heterocycles. The first-order valence-electron chi connectivity index (χ1n) is 9.65. The molecule has 0 radical (unpaired) electrons. The van der Waals surface area contributed by atoms with Crippen molar-refractivity contribution in [1.29, 1.82) is 0 Å². The van der Waals surface area contributed by atoms with Gasteiger partial charge >= 0.3 is 5.69 Å². The summed E-state index contributed by atoms with van der Waals surface area (Å²) < 4.78 is 9.74. The number of fused-ring (bicyclic) bond motifs is 1. The number of benzene rings is 2. The summed E-state index contributed by atoms with van der Waals surface area (Å²) in [6.45, 7) is 0.413. The summed E-state index contributed by atoms with van der Waals surface area (Å²) in [6.07, 6.45) is 3.08. The van der Waals surface area contributed by atoms with Gasteiger partial charge in [0.15, 0.2) is 11.2 Å². The summed E-state index contributed by atoms with van der Waals surface area (Å²) in [5, 5.41) is 0.610. The van der Waals surface area contributed by atoms with Crippen LogP contribution in [-0.4, -0.2) is 18.7 Å². The predicted octanol–water partition coefficient (Wildman–Crippen LogP) is 3.69. The van der Waals surface area contributed by atoms with Crippen molar-refractivity contribution in [1.82, 2.24) is 18.7 Å². The first-order chi connectivity index (χ1) is 15.1. The molecule has 0 aliphatic carbocycles. The zero-order valence-electron chi connectivity index (χ0n) is 16.3. The quantitative estimate of drug-likeness (QED) is 0.424. The van der Waals surface area contributed by atoms with Crippen molar-refractivity contribution in [3.63, 3.8) is 0 Å². The van der Waals surface area contributed by atoms with Crippen LogP contribution >= 0.6 is 11.6 Å². The van der Waals surface area contributed by atoms with Crippen molar-refractivity contribution in [2.75, 3.05) is 0 Å². The molecule has 0 aliphatic heterocycles. The second-order valence-electron chi connectivity index (χ2n) is 7.10. The van der Waals surface area contributed by atoms with E-state index in [2.05, 4.69) is 4.98 Å². The van der Waals surface area contributed by atoms with Gasteiger partial charge in [0.2, 0.25) is 0 Å². The summed E-state index contributed by atoms with van der Waals surface area (Å²) >= 11 is 6.12. The number of aromatic nitrogens is 4. The van der Waals surface area contributed by atoms with Gasteiger partial charge in [-0.25, -0.2) is 14.3 Å². The maximum absolute atomic E-state index is 13.4. The highest BCUT2D eigenvalue weighted by molar-refractivity contribution is 6.30. The summed E-state index contributed by atoms with van der Waals surface area (Å²) in [6, 6.07) is 20.0. The van der Waals surface area contributed by atoms with Crippen LogP contribution in [0.25, 0.3) is 16.9 Å². The SMILES string of the molecule is O=c1c2c(ncn2Cc2cccc(Cl)c2)n(-c2ccccc2)c(=O)n1Cc1ccco1. The van der Waals surface area contributed by atoms with Crippen molar-refractivity contribution >= 4 is 22.8 Å². The molecule has 5 rings (SSSR count). The summed E-state index contributed by atoms with van der Waals surface area (Å²) in [5.41, 5.74) is 1.27. The number of furan rings is 1. The van der Waals surface area contributed by atoms with Crippen molar-refractivity contribution < 1.29 is 4.42 Å². The smallest absolute Gasteiger partial charge is 0.337 e. The molecular weight excluding hydrogens is 416 g/mol. The third-order valence-corrected chi connectivity index (χ3v) is 5.29. The van der Waals surface area contributed by atoms with E-state index in [0.29, 0.717) is 34.2 Å². The monoisotopic (exact) mass is 432 g/mol. The molecule has 7 nitrogen and oxygen atoms in total. The van der Waals surface area contributed by atoms with Gasteiger partial charge in [-0.05, 0) is 42.0 Å². The number of hydrogen-bond donors (Lipinski definition) is 0. The van der Waals surface area contributed by atoms with Gasteiger partial charge in [-0.3, -0.25) is 9.36 Å². The van der Waals surface area contributed by atoms with E-state index in [1.54, 1.807) is 41.2 Å². The summed E-state index contributed by atoms with van der Waals surface area (Å²) in [4.78, 5) is 31.2. The Kier molecular flexibility index (Phi) is 4.80. The second-order valence-corrected chi connectivity index (χ2v) is 7.54. The molecule has 0 aliphatic rings. The van der Waals surface area contributed by atoms with E-state index in [-0.39, 0.29) is 6.54 Å². The Labute approximate surface area is 181 Å². The Bertz CT molecular complexity index is 1480. The molecule has 0 fully saturated rings. The summed E-state index contributed by atoms with van der Waals surface area (Å²) in [5.74, 6) is 0.513. The third-order valence-electron chi connectivity index (χ3n) is 5.05. The summed E-state index contributed by atoms with van der Waals surface area (Å²) in [7, 11) is 0. The molecule has 0 saturated carbocycles. The fourth-order valence-corrected chi connectivity index (χ4v) is 3.85. The van der Waals surface area contributed by atoms with E-state index in [1.807, 2.05) is 36.4 Å². The highest BCUT2D eigenvalue weighted by Gasteiger charge is 2.20. The van der Waals surface area contributed by atoms with Gasteiger partial charge in [0, 0.05) is 11.6 Å². The van der Waals surface area contributed by atoms with Crippen LogP contribution in [0.2, 0.25) is 5.02 Å². The van der Waals surface area contributed by atoms with E-state index < -0.39 is 11.2 Å². The molecule has 0 saturated heterocycles. The lowest BCUT2D eigenvalue weighted by Crippen LogP contribution is -2.40. The minimum absolute atomic E-state index is 0.0236. The van der Waals surface area contributed by atoms with Crippen LogP contribution in [0, 0.1) is 0 Å². The Hall–Kier alpha value is -3.84. The van der Waals surface area contributed by atoms with Crippen LogP contribution in [0.5, 0.6) is 0 Å². The zero-order valence-corrected chi connectivity index (χ0v) is 17.1. The molecule has 2 aromatic carbocycles. The number of imidazole rings is 1. The Morgan fingerprint density at radius 2 is 1.77 bits per heavy atom. The third kappa shape index (κ3) is 3.49. The molecule has 0 atom stereocenters. The molecule has 0 unspecified atom stereocenters. The van der Waals surface area contributed by atoms with Crippen LogP contribution in [0.1, 0.15) is 11.3 Å².